The largest absolute Gasteiger partial charge is 4.00 e. The molecule has 0 aromatic rings. The molecule has 0 fully saturated rings. The van der Waals surface area contributed by atoms with Crippen LogP contribution in [-0.4, -0.2) is 0 Å². The van der Waals surface area contributed by atoms with Gasteiger partial charge in [0, 0.05) is 0 Å². The minimum absolute atomic E-state index is 0. The van der Waals surface area contributed by atoms with Crippen LogP contribution in [0.2, 0.25) is 0 Å². The third-order valence-corrected chi connectivity index (χ3v) is 0. The van der Waals surface area contributed by atoms with Crippen LogP contribution >= 0.6 is 0 Å². The van der Waals surface area contributed by atoms with E-state index in [0.29, 0.717) is 0 Å². The Labute approximate surface area is 68.2 Å². The van der Waals surface area contributed by atoms with Crippen molar-refractivity contribution in [3.63, 3.8) is 0 Å². The Bertz CT molecular complexity index is 12.8. The molecule has 0 saturated carbocycles. The molecule has 0 aliphatic heterocycles. The van der Waals surface area contributed by atoms with Gasteiger partial charge in [-0.3, -0.25) is 0 Å². The van der Waals surface area contributed by atoms with Crippen molar-refractivity contribution in [1.82, 2.24) is 0 Å². The minimum atomic E-state index is 0. The van der Waals surface area contributed by atoms with Gasteiger partial charge in [-0.25, -0.2) is 0 Å². The molecule has 0 aliphatic rings. The Morgan fingerprint density at radius 1 is 1.17 bits per heavy atom. The fourth-order valence-corrected chi connectivity index (χ4v) is 0. The maximum Gasteiger partial charge on any atom is 4.00 e. The van der Waals surface area contributed by atoms with E-state index in [2.05, 4.69) is 15.7 Å². The van der Waals surface area contributed by atoms with Crippen molar-refractivity contribution in [2.24, 2.45) is 0 Å². The Hall–Kier alpha value is 1.40. The maximum absolute atomic E-state index is 8.18. The molecule has 0 saturated heterocycles. The number of hydrogen-bond donors (Lipinski definition) is 0. The molecule has 0 rings (SSSR count). The first-order chi connectivity index (χ1) is 2.00. The second-order valence-electron chi connectivity index (χ2n) is 0. The quantitative estimate of drug-likeness (QED) is 0.555. The van der Waals surface area contributed by atoms with E-state index < -0.39 is 0 Å². The van der Waals surface area contributed by atoms with Gasteiger partial charge in [-0.05, 0) is 0 Å². The smallest absolute Gasteiger partial charge is 4.00 e. The molecule has 36 valence electrons. The molecule has 0 heterocycles. The van der Waals surface area contributed by atoms with E-state index in [9.17, 15) is 0 Å². The summed E-state index contributed by atoms with van der Waals surface area (Å²) in [6.07, 6.45) is 0. The van der Waals surface area contributed by atoms with E-state index in [-0.39, 0.29) is 27.2 Å². The molecule has 0 unspecified atom stereocenters. The first-order valence-electron chi connectivity index (χ1n) is 0.280. The fourth-order valence-electron chi connectivity index (χ4n) is 0. The maximum atomic E-state index is 8.18. The number of hydrogen-bond acceptors (Lipinski definition) is 2. The van der Waals surface area contributed by atoms with Gasteiger partial charge < -0.3 is 5.48 Å². The molecule has 0 aromatic heterocycles. The summed E-state index contributed by atoms with van der Waals surface area (Å²) in [5.74, 6) is 0. The molecular formula is CoO3RuTi+3. The molecule has 0 atom stereocenters. The van der Waals surface area contributed by atoms with Crippen LogP contribution in [0.15, 0.2) is 0 Å². The summed E-state index contributed by atoms with van der Waals surface area (Å²) >= 11 is 3.41. The Morgan fingerprint density at radius 3 is 1.17 bits per heavy atom. The Morgan fingerprint density at radius 2 is 1.17 bits per heavy atom. The van der Waals surface area contributed by atoms with Crippen LogP contribution in [0.4, 0.5) is 0 Å². The van der Waals surface area contributed by atoms with Gasteiger partial charge in [0.15, 0.2) is 0 Å². The van der Waals surface area contributed by atoms with Gasteiger partial charge in [0.1, 0.15) is 0 Å². The van der Waals surface area contributed by atoms with E-state index in [0.717, 1.165) is 18.3 Å². The summed E-state index contributed by atoms with van der Waals surface area (Å²) in [6.45, 7) is 0. The molecule has 0 aromatic carbocycles. The van der Waals surface area contributed by atoms with Crippen LogP contribution in [0.25, 0.3) is 0 Å². The minimum Gasteiger partial charge on any atom is 4.00 e. The topological polar surface area (TPSA) is 62.6 Å². The third kappa shape index (κ3) is 53.2. The van der Waals surface area contributed by atoms with Gasteiger partial charge in [0.05, 0.1) is 0 Å². The van der Waals surface area contributed by atoms with Crippen LogP contribution in [0.5, 0.6) is 0 Å². The second kappa shape index (κ2) is 94.9. The van der Waals surface area contributed by atoms with Crippen molar-refractivity contribution in [3.8, 4) is 0 Å². The predicted molar refractivity (Wildman–Crippen MR) is 2.06 cm³/mol. The normalized spacial score (nSPS) is 1.50. The van der Waals surface area contributed by atoms with Gasteiger partial charge in [-0.1, -0.05) is 0 Å². The van der Waals surface area contributed by atoms with Crippen LogP contribution in [0, 0.1) is 0 Å². The van der Waals surface area contributed by atoms with Crippen molar-refractivity contribution in [1.29, 1.82) is 0 Å². The average molecular weight is 256 g/mol. The monoisotopic (exact) mass is 257 g/mol. The van der Waals surface area contributed by atoms with E-state index in [1.807, 2.05) is 0 Å². The molecule has 0 aliphatic carbocycles. The average Bonchev–Trinajstić information content (AvgIpc) is 1.50. The molecule has 0 radical (unpaired) electrons. The SMILES string of the molecule is [O-2].[O]=[Co].[O]=[Ru+].[Ti+4]. The summed E-state index contributed by atoms with van der Waals surface area (Å²) in [7, 11) is 0. The van der Waals surface area contributed by atoms with Crippen LogP contribution in [0.1, 0.15) is 0 Å². The zero-order valence-electron chi connectivity index (χ0n) is 2.41. The predicted octanol–water partition coefficient (Wildman–Crippen LogP) is -0.364. The second-order valence-corrected chi connectivity index (χ2v) is 0. The van der Waals surface area contributed by atoms with Gasteiger partial charge >= 0.3 is 63.1 Å². The van der Waals surface area contributed by atoms with Gasteiger partial charge in [0.2, 0.25) is 0 Å². The first kappa shape index (κ1) is 26.2. The van der Waals surface area contributed by atoms with E-state index >= 15 is 0 Å². The third-order valence-electron chi connectivity index (χ3n) is 0. The van der Waals surface area contributed by atoms with Crippen LogP contribution < -0.4 is 0 Å². The zero-order chi connectivity index (χ0) is 4.00. The van der Waals surface area contributed by atoms with Gasteiger partial charge in [-0.15, -0.1) is 0 Å². The van der Waals surface area contributed by atoms with Crippen LogP contribution in [0.3, 0.4) is 0 Å². The molecule has 0 spiro atoms. The van der Waals surface area contributed by atoms with E-state index in [4.69, 9.17) is 7.44 Å². The molecular weight excluding hydrogens is 256 g/mol. The summed E-state index contributed by atoms with van der Waals surface area (Å²) < 4.78 is 16.1. The first-order valence-corrected chi connectivity index (χ1v) is 1.41. The van der Waals surface area contributed by atoms with Crippen molar-refractivity contribution in [3.05, 3.63) is 0 Å². The van der Waals surface area contributed by atoms with Crippen LogP contribution in [-0.2, 0) is 68.6 Å². The molecule has 3 nitrogen and oxygen atoms in total. The molecule has 0 amide bonds. The van der Waals surface area contributed by atoms with E-state index in [1.165, 1.54) is 0 Å². The van der Waals surface area contributed by atoms with E-state index in [1.54, 1.807) is 0 Å². The molecule has 6 heteroatoms. The summed E-state index contributed by atoms with van der Waals surface area (Å²) in [5, 5.41) is 0. The zero-order valence-corrected chi connectivity index (χ0v) is 6.75. The summed E-state index contributed by atoms with van der Waals surface area (Å²) in [4.78, 5) is 0. The van der Waals surface area contributed by atoms with Gasteiger partial charge in [-0.2, -0.15) is 0 Å². The Balaban J connectivity index is -0.00000000500. The summed E-state index contributed by atoms with van der Waals surface area (Å²) in [5.41, 5.74) is 0. The molecule has 0 bridgehead atoms. The number of rotatable bonds is 0. The van der Waals surface area contributed by atoms with Crippen molar-refractivity contribution >= 4 is 0 Å². The molecule has 0 N–H and O–H groups in total. The molecule has 6 heavy (non-hydrogen) atoms. The van der Waals surface area contributed by atoms with Crippen molar-refractivity contribution in [2.45, 2.75) is 0 Å². The van der Waals surface area contributed by atoms with Gasteiger partial charge in [0.25, 0.3) is 0 Å². The summed E-state index contributed by atoms with van der Waals surface area (Å²) in [6, 6.07) is 0. The standard InChI is InChI=1S/Co.3O.Ru.Ti/q;;;-2;+1;+4. The fraction of sp³-hybridized carbons (Fsp3) is 0. The van der Waals surface area contributed by atoms with Crippen molar-refractivity contribution < 1.29 is 68.6 Å². The van der Waals surface area contributed by atoms with Crippen molar-refractivity contribution in [2.75, 3.05) is 0 Å². The Kier molecular flexibility index (Phi) is 414.